The highest BCUT2D eigenvalue weighted by atomic mass is 15.3. The van der Waals surface area contributed by atoms with Gasteiger partial charge < -0.3 is 0 Å². The molecule has 5 nitrogen and oxygen atoms in total. The predicted molar refractivity (Wildman–Crippen MR) is 90.0 cm³/mol. The molecule has 0 saturated carbocycles. The lowest BCUT2D eigenvalue weighted by Crippen LogP contribution is -2.37. The fourth-order valence-corrected chi connectivity index (χ4v) is 3.22. The first-order valence-corrected chi connectivity index (χ1v) is 7.79. The summed E-state index contributed by atoms with van der Waals surface area (Å²) >= 11 is 0. The van der Waals surface area contributed by atoms with Gasteiger partial charge in [-0.2, -0.15) is 5.10 Å². The number of allylic oxidation sites excluding steroid dienone is 2. The Hall–Kier alpha value is -2.01. The first-order chi connectivity index (χ1) is 10.6. The molecule has 0 spiro atoms. The lowest BCUT2D eigenvalue weighted by atomic mass is 9.97. The first kappa shape index (κ1) is 14.9. The van der Waals surface area contributed by atoms with E-state index in [0.29, 0.717) is 11.8 Å². The van der Waals surface area contributed by atoms with Gasteiger partial charge in [-0.15, -0.1) is 0 Å². The van der Waals surface area contributed by atoms with E-state index in [2.05, 4.69) is 34.2 Å². The van der Waals surface area contributed by atoms with E-state index in [1.165, 1.54) is 16.8 Å². The Balaban J connectivity index is 1.74. The molecule has 5 heteroatoms. The normalized spacial score (nSPS) is 22.4. The van der Waals surface area contributed by atoms with Crippen LogP contribution in [0.3, 0.4) is 0 Å². The molecule has 1 N–H and O–H groups in total. The van der Waals surface area contributed by atoms with Gasteiger partial charge in [-0.1, -0.05) is 6.08 Å². The molecule has 2 aliphatic rings. The highest BCUT2D eigenvalue weighted by Gasteiger charge is 2.23. The van der Waals surface area contributed by atoms with Crippen molar-refractivity contribution < 1.29 is 0 Å². The molecule has 1 aromatic rings. The third-order valence-corrected chi connectivity index (χ3v) is 4.59. The third-order valence-electron chi connectivity index (χ3n) is 4.59. The summed E-state index contributed by atoms with van der Waals surface area (Å²) in [5, 5.41) is 12.4. The summed E-state index contributed by atoms with van der Waals surface area (Å²) in [5.74, 6) is 0. The lowest BCUT2D eigenvalue weighted by molar-refractivity contribution is 0.246. The molecule has 1 aliphatic carbocycles. The Labute approximate surface area is 131 Å². The van der Waals surface area contributed by atoms with Crippen LogP contribution >= 0.6 is 0 Å². The van der Waals surface area contributed by atoms with Gasteiger partial charge in [-0.25, -0.2) is 0 Å². The quantitative estimate of drug-likeness (QED) is 0.846. The van der Waals surface area contributed by atoms with Gasteiger partial charge in [0.05, 0.1) is 17.1 Å². The molecule has 1 aromatic heterocycles. The smallest absolute Gasteiger partial charge is 0.0823 e. The van der Waals surface area contributed by atoms with Crippen LogP contribution < -0.4 is 0 Å². The summed E-state index contributed by atoms with van der Waals surface area (Å²) in [7, 11) is 3.74. The molecule has 0 amide bonds. The monoisotopic (exact) mass is 297 g/mol. The van der Waals surface area contributed by atoms with E-state index >= 15 is 0 Å². The summed E-state index contributed by atoms with van der Waals surface area (Å²) in [6.45, 7) is 4.30. The Morgan fingerprint density at radius 1 is 1.27 bits per heavy atom. The van der Waals surface area contributed by atoms with Crippen molar-refractivity contribution in [3.63, 3.8) is 0 Å². The fraction of sp³-hybridized carbons (Fsp3) is 0.471. The van der Waals surface area contributed by atoms with Gasteiger partial charge in [0.1, 0.15) is 0 Å². The molecule has 1 unspecified atom stereocenters. The zero-order chi connectivity index (χ0) is 15.7. The molecule has 0 bridgehead atoms. The van der Waals surface area contributed by atoms with E-state index < -0.39 is 0 Å². The van der Waals surface area contributed by atoms with Crippen molar-refractivity contribution in [2.45, 2.75) is 25.8 Å². The van der Waals surface area contributed by atoms with Crippen LogP contribution in [-0.2, 0) is 19.9 Å². The summed E-state index contributed by atoms with van der Waals surface area (Å²) in [4.78, 5) is 6.69. The second-order valence-electron chi connectivity index (χ2n) is 5.99. The topological polar surface area (TPSA) is 57.3 Å². The largest absolute Gasteiger partial charge is 0.299 e. The Morgan fingerprint density at radius 2 is 2.05 bits per heavy atom. The molecule has 2 heterocycles. The predicted octanol–water partition coefficient (Wildman–Crippen LogP) is 1.80. The van der Waals surface area contributed by atoms with Crippen LogP contribution in [0.1, 0.15) is 18.2 Å². The second-order valence-corrected chi connectivity index (χ2v) is 5.99. The number of fused-ring (bicyclic) bond motifs is 1. The van der Waals surface area contributed by atoms with Gasteiger partial charge in [0.25, 0.3) is 0 Å². The van der Waals surface area contributed by atoms with E-state index in [0.717, 1.165) is 31.6 Å². The molecule has 3 rings (SSSR count). The van der Waals surface area contributed by atoms with Crippen LogP contribution in [0.15, 0.2) is 35.0 Å². The van der Waals surface area contributed by atoms with Crippen LogP contribution in [0.4, 0.5) is 0 Å². The third kappa shape index (κ3) is 2.81. The zero-order valence-corrected chi connectivity index (χ0v) is 13.5. The van der Waals surface area contributed by atoms with Gasteiger partial charge in [-0.3, -0.25) is 20.0 Å². The molecule has 116 valence electrons. The van der Waals surface area contributed by atoms with Crippen molar-refractivity contribution in [3.8, 4) is 0 Å². The number of nitrogens with zero attached hydrogens (tertiary/aromatic N) is 4. The average Bonchev–Trinajstić information content (AvgIpc) is 2.76. The van der Waals surface area contributed by atoms with E-state index in [1.807, 2.05) is 23.9 Å². The van der Waals surface area contributed by atoms with Gasteiger partial charge >= 0.3 is 0 Å². The number of aryl methyl sites for hydroxylation is 1. The zero-order valence-electron chi connectivity index (χ0n) is 13.5. The van der Waals surface area contributed by atoms with Crippen molar-refractivity contribution in [2.75, 3.05) is 20.1 Å². The first-order valence-electron chi connectivity index (χ1n) is 7.79. The Bertz CT molecular complexity index is 652. The van der Waals surface area contributed by atoms with Crippen LogP contribution in [-0.4, -0.2) is 52.3 Å². The maximum absolute atomic E-state index is 7.86. The molecular weight excluding hydrogens is 274 g/mol. The molecule has 0 aromatic carbocycles. The summed E-state index contributed by atoms with van der Waals surface area (Å²) in [6, 6.07) is 0.332. The average molecular weight is 297 g/mol. The lowest BCUT2D eigenvalue weighted by Gasteiger charge is -2.29. The SMILES string of the molecule is CN=C1C=C(C(C)N2CCc3cn(C)nc3CC2)C=CC1=N. The number of aromatic nitrogens is 2. The number of hydrogen-bond acceptors (Lipinski definition) is 4. The van der Waals surface area contributed by atoms with Crippen molar-refractivity contribution >= 4 is 11.4 Å². The standard InChI is InChI=1S/C17H23N5/c1-12(13-4-5-15(18)17(10-13)19-2)22-8-6-14-11-21(3)20-16(14)7-9-22/h4-5,10-12,18H,6-9H2,1-3H3. The Morgan fingerprint density at radius 3 is 2.82 bits per heavy atom. The molecule has 0 radical (unpaired) electrons. The van der Waals surface area contributed by atoms with E-state index in [4.69, 9.17) is 5.41 Å². The highest BCUT2D eigenvalue weighted by Crippen LogP contribution is 2.20. The second kappa shape index (κ2) is 6.01. The minimum atomic E-state index is 0.332. The minimum absolute atomic E-state index is 0.332. The number of nitrogens with one attached hydrogen (secondary N) is 1. The van der Waals surface area contributed by atoms with Crippen molar-refractivity contribution in [1.29, 1.82) is 5.41 Å². The van der Waals surface area contributed by atoms with Crippen LogP contribution in [0, 0.1) is 5.41 Å². The maximum Gasteiger partial charge on any atom is 0.0823 e. The molecule has 0 fully saturated rings. The maximum atomic E-state index is 7.86. The van der Waals surface area contributed by atoms with Crippen LogP contribution in [0.5, 0.6) is 0 Å². The molecule has 0 saturated heterocycles. The van der Waals surface area contributed by atoms with E-state index in [-0.39, 0.29) is 0 Å². The summed E-state index contributed by atoms with van der Waals surface area (Å²) in [6.07, 6.45) is 10.1. The molecule has 22 heavy (non-hydrogen) atoms. The van der Waals surface area contributed by atoms with E-state index in [1.54, 1.807) is 7.05 Å². The number of aliphatic imine (C=N–C) groups is 1. The molecule has 1 atom stereocenters. The minimum Gasteiger partial charge on any atom is -0.299 e. The van der Waals surface area contributed by atoms with Crippen LogP contribution in [0.2, 0.25) is 0 Å². The van der Waals surface area contributed by atoms with Gasteiger partial charge in [0.2, 0.25) is 0 Å². The summed E-state index contributed by atoms with van der Waals surface area (Å²) in [5.41, 5.74) is 5.11. The van der Waals surface area contributed by atoms with Crippen molar-refractivity contribution in [3.05, 3.63) is 41.3 Å². The number of rotatable bonds is 2. The van der Waals surface area contributed by atoms with Crippen molar-refractivity contribution in [2.24, 2.45) is 12.0 Å². The van der Waals surface area contributed by atoms with Crippen molar-refractivity contribution in [1.82, 2.24) is 14.7 Å². The van der Waals surface area contributed by atoms with Crippen LogP contribution in [0.25, 0.3) is 0 Å². The summed E-state index contributed by atoms with van der Waals surface area (Å²) < 4.78 is 1.92. The highest BCUT2D eigenvalue weighted by molar-refractivity contribution is 6.50. The van der Waals surface area contributed by atoms with Gasteiger partial charge in [0.15, 0.2) is 0 Å². The van der Waals surface area contributed by atoms with E-state index in [9.17, 15) is 0 Å². The van der Waals surface area contributed by atoms with Gasteiger partial charge in [0, 0.05) is 45.8 Å². The molecular formula is C17H23N5. The Kier molecular flexibility index (Phi) is 4.07. The number of hydrogen-bond donors (Lipinski definition) is 1. The van der Waals surface area contributed by atoms with Gasteiger partial charge in [-0.05, 0) is 36.6 Å². The molecule has 1 aliphatic heterocycles. The fourth-order valence-electron chi connectivity index (χ4n) is 3.22.